The molecule has 0 spiro atoms. The molecule has 3 aromatic rings. The molecule has 0 radical (unpaired) electrons. The van der Waals surface area contributed by atoms with E-state index in [1.54, 1.807) is 24.5 Å². The van der Waals surface area contributed by atoms with E-state index in [9.17, 15) is 14.9 Å². The minimum atomic E-state index is -0.445. The second-order valence-electron chi connectivity index (χ2n) is 7.16. The third kappa shape index (κ3) is 4.70. The molecule has 8 heteroatoms. The number of amides is 1. The fourth-order valence-corrected chi connectivity index (χ4v) is 3.66. The Labute approximate surface area is 179 Å². The van der Waals surface area contributed by atoms with Crippen molar-refractivity contribution in [2.24, 2.45) is 0 Å². The molecule has 1 amide bonds. The van der Waals surface area contributed by atoms with Gasteiger partial charge in [0.25, 0.3) is 11.6 Å². The van der Waals surface area contributed by atoms with Crippen LogP contribution in [0.1, 0.15) is 27.5 Å². The Morgan fingerprint density at radius 1 is 1.03 bits per heavy atom. The van der Waals surface area contributed by atoms with Crippen molar-refractivity contribution in [2.45, 2.75) is 6.04 Å². The number of carbonyl (C=O) groups is 1. The number of pyridine rings is 1. The Kier molecular flexibility index (Phi) is 6.18. The highest BCUT2D eigenvalue weighted by Crippen LogP contribution is 2.30. The molecule has 1 aliphatic heterocycles. The molecule has 1 fully saturated rings. The molecular formula is C23H22N4O4. The molecule has 2 aromatic carbocycles. The second-order valence-corrected chi connectivity index (χ2v) is 7.16. The molecule has 1 saturated heterocycles. The summed E-state index contributed by atoms with van der Waals surface area (Å²) in [4.78, 5) is 30.3. The first-order chi connectivity index (χ1) is 15.1. The van der Waals surface area contributed by atoms with E-state index in [-0.39, 0.29) is 17.2 Å². The average Bonchev–Trinajstić information content (AvgIpc) is 2.83. The summed E-state index contributed by atoms with van der Waals surface area (Å²) in [5, 5.41) is 14.7. The zero-order valence-corrected chi connectivity index (χ0v) is 16.8. The Morgan fingerprint density at radius 3 is 2.39 bits per heavy atom. The number of hydrogen-bond donors (Lipinski definition) is 1. The lowest BCUT2D eigenvalue weighted by Gasteiger charge is -2.28. The number of aromatic nitrogens is 1. The van der Waals surface area contributed by atoms with Crippen LogP contribution in [0.2, 0.25) is 0 Å². The van der Waals surface area contributed by atoms with E-state index < -0.39 is 11.0 Å². The number of anilines is 1. The van der Waals surface area contributed by atoms with Crippen molar-refractivity contribution >= 4 is 17.3 Å². The van der Waals surface area contributed by atoms with E-state index in [4.69, 9.17) is 4.74 Å². The number of nitro groups is 1. The minimum absolute atomic E-state index is 0.0882. The van der Waals surface area contributed by atoms with Crippen LogP contribution in [0.3, 0.4) is 0 Å². The first-order valence-corrected chi connectivity index (χ1v) is 10.0. The van der Waals surface area contributed by atoms with Gasteiger partial charge in [-0.2, -0.15) is 0 Å². The van der Waals surface area contributed by atoms with Crippen molar-refractivity contribution in [1.29, 1.82) is 0 Å². The summed E-state index contributed by atoms with van der Waals surface area (Å²) < 4.78 is 5.33. The van der Waals surface area contributed by atoms with Crippen LogP contribution >= 0.6 is 0 Å². The Balaban J connectivity index is 1.63. The summed E-state index contributed by atoms with van der Waals surface area (Å²) in [5.74, 6) is -0.387. The maximum Gasteiger partial charge on any atom is 0.293 e. The fraction of sp³-hybridized carbons (Fsp3) is 0.217. The largest absolute Gasteiger partial charge is 0.378 e. The average molecular weight is 418 g/mol. The van der Waals surface area contributed by atoms with Gasteiger partial charge in [-0.25, -0.2) is 0 Å². The Morgan fingerprint density at radius 2 is 1.71 bits per heavy atom. The molecule has 0 aliphatic carbocycles. The zero-order valence-electron chi connectivity index (χ0n) is 16.8. The quantitative estimate of drug-likeness (QED) is 0.487. The Bertz CT molecular complexity index is 1010. The van der Waals surface area contributed by atoms with Crippen molar-refractivity contribution in [3.05, 3.63) is 99.9 Å². The Hall–Kier alpha value is -3.78. The number of nitrogens with one attached hydrogen (secondary N) is 1. The lowest BCUT2D eigenvalue weighted by molar-refractivity contribution is -0.384. The molecule has 1 aliphatic rings. The van der Waals surface area contributed by atoms with Gasteiger partial charge in [0.1, 0.15) is 5.69 Å². The zero-order chi connectivity index (χ0) is 21.6. The van der Waals surface area contributed by atoms with E-state index in [1.807, 2.05) is 47.4 Å². The van der Waals surface area contributed by atoms with Gasteiger partial charge in [-0.1, -0.05) is 30.3 Å². The predicted octanol–water partition coefficient (Wildman–Crippen LogP) is 3.35. The highest BCUT2D eigenvalue weighted by atomic mass is 16.6. The van der Waals surface area contributed by atoms with Crippen LogP contribution in [-0.2, 0) is 4.74 Å². The van der Waals surface area contributed by atoms with E-state index in [2.05, 4.69) is 10.3 Å². The monoisotopic (exact) mass is 418 g/mol. The van der Waals surface area contributed by atoms with Crippen molar-refractivity contribution in [1.82, 2.24) is 10.3 Å². The van der Waals surface area contributed by atoms with Gasteiger partial charge in [0.15, 0.2) is 0 Å². The lowest BCUT2D eigenvalue weighted by atomic mass is 9.99. The highest BCUT2D eigenvalue weighted by Gasteiger charge is 2.24. The van der Waals surface area contributed by atoms with Crippen LogP contribution in [-0.4, -0.2) is 42.1 Å². The highest BCUT2D eigenvalue weighted by molar-refractivity contribution is 5.96. The van der Waals surface area contributed by atoms with Gasteiger partial charge < -0.3 is 15.0 Å². The van der Waals surface area contributed by atoms with Gasteiger partial charge >= 0.3 is 0 Å². The number of carbonyl (C=O) groups excluding carboxylic acids is 1. The van der Waals surface area contributed by atoms with E-state index in [0.29, 0.717) is 32.0 Å². The number of rotatable bonds is 6. The summed E-state index contributed by atoms with van der Waals surface area (Å²) in [6.07, 6.45) is 3.33. The van der Waals surface area contributed by atoms with Gasteiger partial charge in [-0.05, 0) is 35.4 Å². The SMILES string of the molecule is O=C(NC(c1ccccc1)c1ccncc1)c1ccc(N2CCOCC2)c([N+](=O)[O-])c1. The molecule has 158 valence electrons. The molecular weight excluding hydrogens is 396 g/mol. The van der Waals surface area contributed by atoms with Gasteiger partial charge in [0, 0.05) is 37.1 Å². The normalized spacial score (nSPS) is 14.6. The summed E-state index contributed by atoms with van der Waals surface area (Å²) in [5.41, 5.74) is 2.42. The van der Waals surface area contributed by atoms with Crippen molar-refractivity contribution in [3.8, 4) is 0 Å². The lowest BCUT2D eigenvalue weighted by Crippen LogP contribution is -2.36. The molecule has 1 N–H and O–H groups in total. The summed E-state index contributed by atoms with van der Waals surface area (Å²) in [7, 11) is 0. The van der Waals surface area contributed by atoms with Crippen molar-refractivity contribution < 1.29 is 14.5 Å². The molecule has 8 nitrogen and oxygen atoms in total. The van der Waals surface area contributed by atoms with Crippen LogP contribution in [0, 0.1) is 10.1 Å². The van der Waals surface area contributed by atoms with Crippen molar-refractivity contribution in [3.63, 3.8) is 0 Å². The van der Waals surface area contributed by atoms with Crippen molar-refractivity contribution in [2.75, 3.05) is 31.2 Å². The molecule has 1 unspecified atom stereocenters. The van der Waals surface area contributed by atoms with Crippen LogP contribution in [0.15, 0.2) is 73.1 Å². The van der Waals surface area contributed by atoms with Crippen LogP contribution in [0.5, 0.6) is 0 Å². The van der Waals surface area contributed by atoms with Gasteiger partial charge in [0.05, 0.1) is 24.2 Å². The first kappa shape index (κ1) is 20.5. The van der Waals surface area contributed by atoms with Gasteiger partial charge in [0.2, 0.25) is 0 Å². The number of nitrogens with zero attached hydrogens (tertiary/aromatic N) is 3. The topological polar surface area (TPSA) is 97.6 Å². The molecule has 1 atom stereocenters. The maximum atomic E-state index is 13.1. The summed E-state index contributed by atoms with van der Waals surface area (Å²) >= 11 is 0. The number of nitro benzene ring substituents is 1. The van der Waals surface area contributed by atoms with E-state index in [0.717, 1.165) is 11.1 Å². The van der Waals surface area contributed by atoms with Crippen LogP contribution in [0.4, 0.5) is 11.4 Å². The minimum Gasteiger partial charge on any atom is -0.378 e. The van der Waals surface area contributed by atoms with Gasteiger partial charge in [-0.3, -0.25) is 19.9 Å². The third-order valence-corrected chi connectivity index (χ3v) is 5.23. The fourth-order valence-electron chi connectivity index (χ4n) is 3.66. The smallest absolute Gasteiger partial charge is 0.293 e. The number of hydrogen-bond acceptors (Lipinski definition) is 6. The summed E-state index contributed by atoms with van der Waals surface area (Å²) in [6.45, 7) is 2.18. The molecule has 0 saturated carbocycles. The number of morpholine rings is 1. The molecule has 0 bridgehead atoms. The van der Waals surface area contributed by atoms with E-state index in [1.165, 1.54) is 6.07 Å². The molecule has 31 heavy (non-hydrogen) atoms. The first-order valence-electron chi connectivity index (χ1n) is 10.0. The van der Waals surface area contributed by atoms with Crippen LogP contribution in [0.25, 0.3) is 0 Å². The predicted molar refractivity (Wildman–Crippen MR) is 116 cm³/mol. The number of benzene rings is 2. The van der Waals surface area contributed by atoms with E-state index >= 15 is 0 Å². The maximum absolute atomic E-state index is 13.1. The third-order valence-electron chi connectivity index (χ3n) is 5.23. The number of ether oxygens (including phenoxy) is 1. The molecule has 1 aromatic heterocycles. The molecule has 4 rings (SSSR count). The molecule has 2 heterocycles. The summed E-state index contributed by atoms with van der Waals surface area (Å²) in [6, 6.07) is 17.4. The second kappa shape index (κ2) is 9.36. The standard InChI is InChI=1S/C23H22N4O4/c28-23(25-22(17-4-2-1-3-5-17)18-8-10-24-11-9-18)19-6-7-20(21(16-19)27(29)30)26-12-14-31-15-13-26/h1-11,16,22H,12-15H2,(H,25,28). The van der Waals surface area contributed by atoms with Crippen LogP contribution < -0.4 is 10.2 Å². The van der Waals surface area contributed by atoms with Gasteiger partial charge in [-0.15, -0.1) is 0 Å².